The first kappa shape index (κ1) is 18.3. The van der Waals surface area contributed by atoms with Crippen molar-refractivity contribution in [2.45, 2.75) is 46.0 Å². The molecule has 130 valence electrons. The number of oxazole rings is 1. The number of hydrogen-bond donors (Lipinski definition) is 2. The predicted molar refractivity (Wildman–Crippen MR) is 96.7 cm³/mol. The second kappa shape index (κ2) is 7.71. The molecule has 6 heteroatoms. The second-order valence-corrected chi connectivity index (χ2v) is 7.21. The number of carbonyl (C=O) groups excluding carboxylic acids is 1. The standard InChI is InChI=1S/C18H24ClN3O2/c1-12-15(24-16(21-12)18(2,3)4)6-5-11-20-17(23)22-14-9-7-13(19)8-10-14/h7-10H,5-6,11H2,1-4H3,(H2,20,22,23). The van der Waals surface area contributed by atoms with E-state index in [4.69, 9.17) is 16.0 Å². The van der Waals surface area contributed by atoms with E-state index in [-0.39, 0.29) is 11.4 Å². The van der Waals surface area contributed by atoms with Gasteiger partial charge in [0.15, 0.2) is 5.89 Å². The Hall–Kier alpha value is -2.01. The molecular weight excluding hydrogens is 326 g/mol. The number of amides is 2. The third-order valence-electron chi connectivity index (χ3n) is 3.50. The highest BCUT2D eigenvalue weighted by molar-refractivity contribution is 6.30. The van der Waals surface area contributed by atoms with Gasteiger partial charge in [0.1, 0.15) is 5.76 Å². The minimum atomic E-state index is -0.234. The van der Waals surface area contributed by atoms with E-state index >= 15 is 0 Å². The number of nitrogens with zero attached hydrogens (tertiary/aromatic N) is 1. The molecule has 0 aliphatic heterocycles. The summed E-state index contributed by atoms with van der Waals surface area (Å²) in [5, 5.41) is 6.22. The van der Waals surface area contributed by atoms with E-state index in [9.17, 15) is 4.79 Å². The number of aryl methyl sites for hydroxylation is 2. The monoisotopic (exact) mass is 349 g/mol. The van der Waals surface area contributed by atoms with Crippen molar-refractivity contribution in [3.05, 3.63) is 46.6 Å². The van der Waals surface area contributed by atoms with Crippen molar-refractivity contribution in [3.63, 3.8) is 0 Å². The lowest BCUT2D eigenvalue weighted by molar-refractivity contribution is 0.252. The maximum absolute atomic E-state index is 11.8. The minimum absolute atomic E-state index is 0.0975. The first-order valence-corrected chi connectivity index (χ1v) is 8.41. The normalized spacial score (nSPS) is 11.4. The van der Waals surface area contributed by atoms with Gasteiger partial charge in [0, 0.05) is 29.1 Å². The number of nitrogens with one attached hydrogen (secondary N) is 2. The third-order valence-corrected chi connectivity index (χ3v) is 3.75. The lowest BCUT2D eigenvalue weighted by Crippen LogP contribution is -2.29. The summed E-state index contributed by atoms with van der Waals surface area (Å²) in [5.41, 5.74) is 1.53. The number of carbonyl (C=O) groups is 1. The van der Waals surface area contributed by atoms with E-state index in [0.717, 1.165) is 30.2 Å². The fourth-order valence-electron chi connectivity index (χ4n) is 2.14. The smallest absolute Gasteiger partial charge is 0.319 e. The zero-order valence-corrected chi connectivity index (χ0v) is 15.3. The highest BCUT2D eigenvalue weighted by atomic mass is 35.5. The van der Waals surface area contributed by atoms with Gasteiger partial charge in [0.05, 0.1) is 5.69 Å². The van der Waals surface area contributed by atoms with Crippen LogP contribution in [0.1, 0.15) is 44.5 Å². The molecule has 0 radical (unpaired) electrons. The van der Waals surface area contributed by atoms with Crippen molar-refractivity contribution in [2.24, 2.45) is 0 Å². The Morgan fingerprint density at radius 2 is 1.92 bits per heavy atom. The van der Waals surface area contributed by atoms with Gasteiger partial charge >= 0.3 is 6.03 Å². The summed E-state index contributed by atoms with van der Waals surface area (Å²) in [5.74, 6) is 1.64. The Morgan fingerprint density at radius 3 is 2.50 bits per heavy atom. The number of rotatable bonds is 5. The molecule has 2 aromatic rings. The van der Waals surface area contributed by atoms with Gasteiger partial charge in [-0.15, -0.1) is 0 Å². The van der Waals surface area contributed by atoms with Gasteiger partial charge in [-0.1, -0.05) is 32.4 Å². The van der Waals surface area contributed by atoms with Crippen LogP contribution in [0.5, 0.6) is 0 Å². The van der Waals surface area contributed by atoms with E-state index in [1.807, 2.05) is 6.92 Å². The van der Waals surface area contributed by atoms with Gasteiger partial charge in [-0.25, -0.2) is 9.78 Å². The predicted octanol–water partition coefficient (Wildman–Crippen LogP) is 4.69. The molecule has 0 fully saturated rings. The fraction of sp³-hybridized carbons (Fsp3) is 0.444. The average molecular weight is 350 g/mol. The van der Waals surface area contributed by atoms with Crippen LogP contribution in [0.15, 0.2) is 28.7 Å². The zero-order valence-electron chi connectivity index (χ0n) is 14.6. The van der Waals surface area contributed by atoms with Gasteiger partial charge in [-0.2, -0.15) is 0 Å². The molecule has 1 heterocycles. The Kier molecular flexibility index (Phi) is 5.89. The Labute approximate surface area is 147 Å². The first-order chi connectivity index (χ1) is 11.3. The molecular formula is C18H24ClN3O2. The Morgan fingerprint density at radius 1 is 1.25 bits per heavy atom. The second-order valence-electron chi connectivity index (χ2n) is 6.77. The molecule has 0 saturated carbocycles. The van der Waals surface area contributed by atoms with Gasteiger partial charge in [-0.3, -0.25) is 0 Å². The number of anilines is 1. The molecule has 0 aliphatic carbocycles. The quantitative estimate of drug-likeness (QED) is 0.769. The van der Waals surface area contributed by atoms with Crippen molar-refractivity contribution >= 4 is 23.3 Å². The lowest BCUT2D eigenvalue weighted by atomic mass is 9.97. The molecule has 0 atom stereocenters. The molecule has 0 bridgehead atoms. The van der Waals surface area contributed by atoms with E-state index in [2.05, 4.69) is 36.4 Å². The van der Waals surface area contributed by atoms with Crippen LogP contribution < -0.4 is 10.6 Å². The van der Waals surface area contributed by atoms with E-state index in [0.29, 0.717) is 17.3 Å². The van der Waals surface area contributed by atoms with Crippen molar-refractivity contribution in [1.82, 2.24) is 10.3 Å². The van der Waals surface area contributed by atoms with Gasteiger partial charge in [0.25, 0.3) is 0 Å². The third kappa shape index (κ3) is 5.27. The fourth-order valence-corrected chi connectivity index (χ4v) is 2.27. The molecule has 0 aliphatic rings. The SMILES string of the molecule is Cc1nc(C(C)(C)C)oc1CCCNC(=O)Nc1ccc(Cl)cc1. The molecule has 0 spiro atoms. The number of hydrogen-bond acceptors (Lipinski definition) is 3. The van der Waals surface area contributed by atoms with Gasteiger partial charge in [0.2, 0.25) is 0 Å². The van der Waals surface area contributed by atoms with Crippen LogP contribution in [0, 0.1) is 6.92 Å². The van der Waals surface area contributed by atoms with Crippen LogP contribution in [0.3, 0.4) is 0 Å². The molecule has 0 saturated heterocycles. The summed E-state index contributed by atoms with van der Waals surface area (Å²) in [6.45, 7) is 8.74. The van der Waals surface area contributed by atoms with Crippen molar-refractivity contribution in [2.75, 3.05) is 11.9 Å². The number of benzene rings is 1. The lowest BCUT2D eigenvalue weighted by Gasteiger charge is -2.12. The Bertz CT molecular complexity index is 687. The summed E-state index contributed by atoms with van der Waals surface area (Å²) < 4.78 is 5.84. The van der Waals surface area contributed by atoms with Gasteiger partial charge in [-0.05, 0) is 37.6 Å². The van der Waals surface area contributed by atoms with Gasteiger partial charge < -0.3 is 15.1 Å². The van der Waals surface area contributed by atoms with Crippen LogP contribution >= 0.6 is 11.6 Å². The van der Waals surface area contributed by atoms with Crippen LogP contribution in [-0.4, -0.2) is 17.6 Å². The number of halogens is 1. The summed E-state index contributed by atoms with van der Waals surface area (Å²) in [6.07, 6.45) is 1.53. The topological polar surface area (TPSA) is 67.2 Å². The van der Waals surface area contributed by atoms with Crippen LogP contribution in [0.2, 0.25) is 5.02 Å². The minimum Gasteiger partial charge on any atom is -0.445 e. The molecule has 0 unspecified atom stereocenters. The largest absolute Gasteiger partial charge is 0.445 e. The summed E-state index contributed by atoms with van der Waals surface area (Å²) in [6, 6.07) is 6.75. The van der Waals surface area contributed by atoms with Crippen molar-refractivity contribution < 1.29 is 9.21 Å². The highest BCUT2D eigenvalue weighted by Gasteiger charge is 2.21. The van der Waals surface area contributed by atoms with Crippen molar-refractivity contribution in [1.29, 1.82) is 0 Å². The Balaban J connectivity index is 1.75. The maximum Gasteiger partial charge on any atom is 0.319 e. The zero-order chi connectivity index (χ0) is 17.7. The number of urea groups is 1. The van der Waals surface area contributed by atoms with Crippen LogP contribution in [0.4, 0.5) is 10.5 Å². The molecule has 24 heavy (non-hydrogen) atoms. The number of aromatic nitrogens is 1. The van der Waals surface area contributed by atoms with E-state index in [1.165, 1.54) is 0 Å². The molecule has 2 N–H and O–H groups in total. The van der Waals surface area contributed by atoms with E-state index in [1.54, 1.807) is 24.3 Å². The highest BCUT2D eigenvalue weighted by Crippen LogP contribution is 2.24. The first-order valence-electron chi connectivity index (χ1n) is 8.03. The molecule has 2 rings (SSSR count). The maximum atomic E-state index is 11.8. The van der Waals surface area contributed by atoms with Crippen molar-refractivity contribution in [3.8, 4) is 0 Å². The summed E-state index contributed by atoms with van der Waals surface area (Å²) >= 11 is 5.81. The molecule has 2 amide bonds. The van der Waals surface area contributed by atoms with E-state index < -0.39 is 0 Å². The molecule has 5 nitrogen and oxygen atoms in total. The van der Waals surface area contributed by atoms with Crippen LogP contribution in [0.25, 0.3) is 0 Å². The summed E-state index contributed by atoms with van der Waals surface area (Å²) in [4.78, 5) is 16.3. The van der Waals surface area contributed by atoms with Crippen LogP contribution in [-0.2, 0) is 11.8 Å². The molecule has 1 aromatic carbocycles. The average Bonchev–Trinajstić information content (AvgIpc) is 2.87. The molecule has 1 aromatic heterocycles. The summed E-state index contributed by atoms with van der Waals surface area (Å²) in [7, 11) is 0.